The second-order valence-electron chi connectivity index (χ2n) is 7.18. The first-order valence-corrected chi connectivity index (χ1v) is 6.88. The maximum absolute atomic E-state index is 11.8. The summed E-state index contributed by atoms with van der Waals surface area (Å²) in [6.45, 7) is 11.2. The maximum Gasteiger partial charge on any atom is 0.311 e. The minimum absolute atomic E-state index is 0.0234. The summed E-state index contributed by atoms with van der Waals surface area (Å²) in [6, 6.07) is 4.96. The van der Waals surface area contributed by atoms with Crippen molar-refractivity contribution < 1.29 is 14.5 Å². The number of nitro groups is 1. The topological polar surface area (TPSA) is 69.4 Å². The van der Waals surface area contributed by atoms with Gasteiger partial charge in [0.2, 0.25) is 0 Å². The van der Waals surface area contributed by atoms with Gasteiger partial charge >= 0.3 is 5.97 Å². The number of hydrogen-bond acceptors (Lipinski definition) is 4. The van der Waals surface area contributed by atoms with Gasteiger partial charge in [-0.25, -0.2) is 0 Å². The van der Waals surface area contributed by atoms with E-state index < -0.39 is 10.3 Å². The van der Waals surface area contributed by atoms with Crippen molar-refractivity contribution in [3.05, 3.63) is 39.4 Å². The fraction of sp³-hybridized carbons (Fsp3) is 0.562. The highest BCUT2D eigenvalue weighted by atomic mass is 16.6. The van der Waals surface area contributed by atoms with E-state index in [1.165, 1.54) is 6.07 Å². The van der Waals surface area contributed by atoms with Crippen molar-refractivity contribution in [2.75, 3.05) is 0 Å². The summed E-state index contributed by atoms with van der Waals surface area (Å²) < 4.78 is 5.21. The Labute approximate surface area is 125 Å². The number of carbonyl (C=O) groups is 1. The number of nitrogens with zero attached hydrogens (tertiary/aromatic N) is 1. The van der Waals surface area contributed by atoms with E-state index in [0.717, 1.165) is 5.56 Å². The van der Waals surface area contributed by atoms with Gasteiger partial charge in [0.25, 0.3) is 5.69 Å². The summed E-state index contributed by atoms with van der Waals surface area (Å²) in [7, 11) is 0. The van der Waals surface area contributed by atoms with Crippen molar-refractivity contribution in [2.24, 2.45) is 5.41 Å². The molecule has 116 valence electrons. The molecule has 0 bridgehead atoms. The number of benzene rings is 1. The number of rotatable bonds is 3. The molecule has 0 spiro atoms. The summed E-state index contributed by atoms with van der Waals surface area (Å²) in [6.07, 6.45) is 0. The average Bonchev–Trinajstić information content (AvgIpc) is 2.33. The summed E-state index contributed by atoms with van der Waals surface area (Å²) in [4.78, 5) is 22.4. The quantitative estimate of drug-likeness (QED) is 0.480. The minimum Gasteiger partial charge on any atom is -0.460 e. The van der Waals surface area contributed by atoms with Crippen LogP contribution in [0.2, 0.25) is 0 Å². The predicted octanol–water partition coefficient (Wildman–Crippen LogP) is 3.98. The Balaban J connectivity index is 3.08. The van der Waals surface area contributed by atoms with Crippen LogP contribution in [0.25, 0.3) is 0 Å². The molecule has 0 unspecified atom stereocenters. The van der Waals surface area contributed by atoms with Crippen molar-refractivity contribution in [1.82, 2.24) is 0 Å². The van der Waals surface area contributed by atoms with Gasteiger partial charge in [-0.2, -0.15) is 0 Å². The first kappa shape index (κ1) is 17.1. The predicted molar refractivity (Wildman–Crippen MR) is 81.0 cm³/mol. The van der Waals surface area contributed by atoms with Gasteiger partial charge in [0.05, 0.1) is 15.9 Å². The average molecular weight is 293 g/mol. The van der Waals surface area contributed by atoms with Crippen LogP contribution in [-0.4, -0.2) is 10.9 Å². The Morgan fingerprint density at radius 2 is 1.76 bits per heavy atom. The molecule has 0 N–H and O–H groups in total. The molecule has 0 aliphatic heterocycles. The van der Waals surface area contributed by atoms with E-state index >= 15 is 0 Å². The number of ether oxygens (including phenoxy) is 1. The van der Waals surface area contributed by atoms with E-state index in [1.54, 1.807) is 32.9 Å². The van der Waals surface area contributed by atoms with Crippen LogP contribution in [0.4, 0.5) is 5.69 Å². The number of esters is 1. The fourth-order valence-electron chi connectivity index (χ4n) is 1.71. The molecule has 1 aromatic rings. The highest BCUT2D eigenvalue weighted by Crippen LogP contribution is 2.29. The third-order valence-electron chi connectivity index (χ3n) is 3.11. The van der Waals surface area contributed by atoms with E-state index in [4.69, 9.17) is 4.74 Å². The molecule has 0 fully saturated rings. The largest absolute Gasteiger partial charge is 0.460 e. The van der Waals surface area contributed by atoms with Gasteiger partial charge in [0, 0.05) is 6.07 Å². The van der Waals surface area contributed by atoms with Crippen molar-refractivity contribution >= 4 is 11.7 Å². The zero-order valence-corrected chi connectivity index (χ0v) is 13.5. The maximum atomic E-state index is 11.8. The molecule has 0 saturated heterocycles. The smallest absolute Gasteiger partial charge is 0.311 e. The van der Waals surface area contributed by atoms with Crippen LogP contribution in [0.15, 0.2) is 18.2 Å². The third kappa shape index (κ3) is 4.55. The lowest BCUT2D eigenvalue weighted by atomic mass is 9.86. The monoisotopic (exact) mass is 293 g/mol. The van der Waals surface area contributed by atoms with Crippen LogP contribution >= 0.6 is 0 Å². The van der Waals surface area contributed by atoms with Crippen molar-refractivity contribution in [1.29, 1.82) is 0 Å². The molecule has 0 aromatic heterocycles. The van der Waals surface area contributed by atoms with Gasteiger partial charge in [-0.05, 0) is 37.8 Å². The summed E-state index contributed by atoms with van der Waals surface area (Å²) in [5.41, 5.74) is 0.610. The lowest BCUT2D eigenvalue weighted by Gasteiger charge is -2.20. The molecule has 0 aliphatic carbocycles. The van der Waals surface area contributed by atoms with Crippen molar-refractivity contribution in [2.45, 2.75) is 53.6 Å². The molecule has 5 nitrogen and oxygen atoms in total. The van der Waals surface area contributed by atoms with Crippen molar-refractivity contribution in [3.8, 4) is 0 Å². The molecule has 1 rings (SSSR count). The molecule has 0 heterocycles. The van der Waals surface area contributed by atoms with Gasteiger partial charge in [0.15, 0.2) is 0 Å². The number of hydrogen-bond donors (Lipinski definition) is 0. The molecular weight excluding hydrogens is 270 g/mol. The van der Waals surface area contributed by atoms with Gasteiger partial charge in [-0.1, -0.05) is 26.8 Å². The Bertz CT molecular complexity index is 550. The van der Waals surface area contributed by atoms with Crippen LogP contribution in [-0.2, 0) is 21.6 Å². The van der Waals surface area contributed by atoms with E-state index in [1.807, 2.05) is 20.8 Å². The van der Waals surface area contributed by atoms with Crippen LogP contribution in [0.1, 0.15) is 52.7 Å². The second kappa shape index (κ2) is 5.84. The Hall–Kier alpha value is -1.91. The highest BCUT2D eigenvalue weighted by Gasteiger charge is 2.25. The van der Waals surface area contributed by atoms with Gasteiger partial charge in [-0.3, -0.25) is 14.9 Å². The molecule has 0 saturated carbocycles. The fourth-order valence-corrected chi connectivity index (χ4v) is 1.71. The first-order valence-electron chi connectivity index (χ1n) is 6.88. The molecule has 5 heteroatoms. The Kier molecular flexibility index (Phi) is 4.76. The standard InChI is InChI=1S/C16H23NO4/c1-15(2,3)12-7-8-13(17(19)20)11(9-12)10-21-14(18)16(4,5)6/h7-9H,10H2,1-6H3. The zero-order valence-electron chi connectivity index (χ0n) is 13.5. The minimum atomic E-state index is -0.629. The first-order chi connectivity index (χ1) is 9.43. The molecule has 1 aromatic carbocycles. The van der Waals surface area contributed by atoms with Crippen LogP contribution in [0.3, 0.4) is 0 Å². The molecule has 0 amide bonds. The van der Waals surface area contributed by atoms with E-state index in [9.17, 15) is 14.9 Å². The van der Waals surface area contributed by atoms with Crippen LogP contribution < -0.4 is 0 Å². The van der Waals surface area contributed by atoms with Crippen LogP contribution in [0, 0.1) is 15.5 Å². The summed E-state index contributed by atoms with van der Waals surface area (Å²) >= 11 is 0. The van der Waals surface area contributed by atoms with E-state index in [2.05, 4.69) is 0 Å². The number of nitro benzene ring substituents is 1. The molecule has 21 heavy (non-hydrogen) atoms. The van der Waals surface area contributed by atoms with E-state index in [-0.39, 0.29) is 23.7 Å². The molecule has 0 atom stereocenters. The number of carbonyl (C=O) groups excluding carboxylic acids is 1. The SMILES string of the molecule is CC(C)(C)C(=O)OCc1cc(C(C)(C)C)ccc1[N+](=O)[O-]. The summed E-state index contributed by atoms with van der Waals surface area (Å²) in [5.74, 6) is -0.377. The Morgan fingerprint density at radius 1 is 1.19 bits per heavy atom. The van der Waals surface area contributed by atoms with Crippen molar-refractivity contribution in [3.63, 3.8) is 0 Å². The normalized spacial score (nSPS) is 12.1. The highest BCUT2D eigenvalue weighted by molar-refractivity contribution is 5.75. The lowest BCUT2D eigenvalue weighted by Crippen LogP contribution is -2.23. The molecule has 0 aliphatic rings. The van der Waals surface area contributed by atoms with Crippen LogP contribution in [0.5, 0.6) is 0 Å². The van der Waals surface area contributed by atoms with Gasteiger partial charge < -0.3 is 4.74 Å². The van der Waals surface area contributed by atoms with E-state index in [0.29, 0.717) is 5.56 Å². The Morgan fingerprint density at radius 3 is 2.19 bits per heavy atom. The summed E-state index contributed by atoms with van der Waals surface area (Å²) in [5, 5.41) is 11.1. The van der Waals surface area contributed by atoms with Gasteiger partial charge in [0.1, 0.15) is 6.61 Å². The molecule has 0 radical (unpaired) electrons. The third-order valence-corrected chi connectivity index (χ3v) is 3.11. The molecular formula is C16H23NO4. The zero-order chi connectivity index (χ0) is 16.4. The van der Waals surface area contributed by atoms with Gasteiger partial charge in [-0.15, -0.1) is 0 Å². The lowest BCUT2D eigenvalue weighted by molar-refractivity contribution is -0.385. The second-order valence-corrected chi connectivity index (χ2v) is 7.18.